The third-order valence-corrected chi connectivity index (χ3v) is 10.3. The van der Waals surface area contributed by atoms with Gasteiger partial charge in [0.25, 0.3) is 0 Å². The van der Waals surface area contributed by atoms with E-state index in [1.165, 1.54) is 5.56 Å². The summed E-state index contributed by atoms with van der Waals surface area (Å²) in [6.07, 6.45) is 2.43. The maximum Gasteiger partial charge on any atom is 0.405 e. The molecule has 0 unspecified atom stereocenters. The molecule has 1 aliphatic heterocycles. The molecule has 1 heterocycles. The van der Waals surface area contributed by atoms with Crippen LogP contribution in [0.1, 0.15) is 35.6 Å². The number of amides is 3. The van der Waals surface area contributed by atoms with Crippen molar-refractivity contribution in [3.8, 4) is 0 Å². The summed E-state index contributed by atoms with van der Waals surface area (Å²) in [6, 6.07) is 15.0. The summed E-state index contributed by atoms with van der Waals surface area (Å²) >= 11 is 2.21. The van der Waals surface area contributed by atoms with Gasteiger partial charge in [0.1, 0.15) is 12.1 Å². The van der Waals surface area contributed by atoms with E-state index in [-0.39, 0.29) is 24.3 Å². The van der Waals surface area contributed by atoms with Crippen LogP contribution in [0, 0.1) is 3.57 Å². The second-order valence-corrected chi connectivity index (χ2v) is 16.6. The average molecular weight is 606 g/mol. The Kier molecular flexibility index (Phi) is 7.85. The Labute approximate surface area is 220 Å². The first-order chi connectivity index (χ1) is 16.6. The van der Waals surface area contributed by atoms with Crippen LogP contribution >= 0.6 is 22.6 Å². The molecule has 2 aromatic carbocycles. The first kappa shape index (κ1) is 25.7. The molecule has 3 amide bonds. The monoisotopic (exact) mass is 605 g/mol. The van der Waals surface area contributed by atoms with Crippen molar-refractivity contribution < 1.29 is 19.5 Å². The summed E-state index contributed by atoms with van der Waals surface area (Å²) in [5.74, 6) is -0.463. The molecular weight excluding hydrogens is 573 g/mol. The Balaban J connectivity index is 1.54. The highest BCUT2D eigenvalue weighted by atomic mass is 127. The van der Waals surface area contributed by atoms with Gasteiger partial charge in [0, 0.05) is 16.2 Å². The van der Waals surface area contributed by atoms with Gasteiger partial charge in [0.05, 0.1) is 14.1 Å². The number of hydrogen-bond acceptors (Lipinski definition) is 3. The van der Waals surface area contributed by atoms with Gasteiger partial charge in [-0.1, -0.05) is 49.5 Å². The van der Waals surface area contributed by atoms with E-state index in [0.29, 0.717) is 12.2 Å². The van der Waals surface area contributed by atoms with Gasteiger partial charge in [0.15, 0.2) is 0 Å². The molecule has 0 radical (unpaired) electrons. The molecule has 1 aliphatic carbocycles. The number of hydrogen-bond donors (Lipinski definition) is 3. The lowest BCUT2D eigenvalue weighted by Crippen LogP contribution is -2.54. The Bertz CT molecular complexity index is 1110. The summed E-state index contributed by atoms with van der Waals surface area (Å²) < 4.78 is 1.06. The molecule has 35 heavy (non-hydrogen) atoms. The number of rotatable bonds is 6. The normalized spacial score (nSPS) is 21.6. The van der Waals surface area contributed by atoms with Gasteiger partial charge < -0.3 is 20.6 Å². The third-order valence-electron chi connectivity index (χ3n) is 6.94. The number of carbonyl (C=O) groups is 3. The first-order valence-corrected chi connectivity index (χ1v) is 16.5. The fraction of sp³-hybridized carbons (Fsp3) is 0.423. The van der Waals surface area contributed by atoms with Crippen LogP contribution in [-0.4, -0.2) is 54.2 Å². The van der Waals surface area contributed by atoms with E-state index in [4.69, 9.17) is 0 Å². The Hall–Kier alpha value is -2.40. The van der Waals surface area contributed by atoms with Crippen molar-refractivity contribution >= 4 is 48.6 Å². The molecule has 3 atom stereocenters. The van der Waals surface area contributed by atoms with Gasteiger partial charge in [-0.2, -0.15) is 0 Å². The second-order valence-electron chi connectivity index (χ2n) is 10.3. The maximum atomic E-state index is 13.7. The molecule has 4 rings (SSSR count). The minimum Gasteiger partial charge on any atom is -0.465 e. The lowest BCUT2D eigenvalue weighted by Gasteiger charge is -2.31. The number of halogens is 1. The number of fused-ring (bicyclic) bond motifs is 1. The smallest absolute Gasteiger partial charge is 0.405 e. The zero-order chi connectivity index (χ0) is 25.2. The van der Waals surface area contributed by atoms with Crippen LogP contribution in [-0.2, 0) is 22.4 Å². The summed E-state index contributed by atoms with van der Waals surface area (Å²) in [5.41, 5.74) is 3.29. The molecule has 9 heteroatoms. The minimum atomic E-state index is -1.85. The minimum absolute atomic E-state index is 0.0606. The van der Waals surface area contributed by atoms with E-state index in [1.54, 1.807) is 4.90 Å². The molecule has 2 aliphatic rings. The molecular formula is C26H32IN3O4Si. The van der Waals surface area contributed by atoms with E-state index in [1.807, 2.05) is 36.4 Å². The van der Waals surface area contributed by atoms with Gasteiger partial charge in [-0.25, -0.2) is 4.79 Å². The van der Waals surface area contributed by atoms with Crippen molar-refractivity contribution in [2.75, 3.05) is 6.17 Å². The highest BCUT2D eigenvalue weighted by Crippen LogP contribution is 2.32. The van der Waals surface area contributed by atoms with Gasteiger partial charge in [-0.05, 0) is 76.7 Å². The van der Waals surface area contributed by atoms with Crippen molar-refractivity contribution in [1.82, 2.24) is 15.5 Å². The lowest BCUT2D eigenvalue weighted by molar-refractivity contribution is -0.139. The van der Waals surface area contributed by atoms with Gasteiger partial charge in [-0.15, -0.1) is 0 Å². The number of carbonyl (C=O) groups excluding carboxylic acids is 2. The van der Waals surface area contributed by atoms with Crippen molar-refractivity contribution in [2.45, 2.75) is 62.9 Å². The lowest BCUT2D eigenvalue weighted by atomic mass is 9.87. The third kappa shape index (κ3) is 6.24. The summed E-state index contributed by atoms with van der Waals surface area (Å²) in [4.78, 5) is 40.4. The second kappa shape index (κ2) is 10.7. The van der Waals surface area contributed by atoms with E-state index in [2.05, 4.69) is 58.5 Å². The molecule has 1 saturated heterocycles. The summed E-state index contributed by atoms with van der Waals surface area (Å²) in [6.45, 7) is 4.35. The topological polar surface area (TPSA) is 98.7 Å². The molecule has 3 N–H and O–H groups in total. The van der Waals surface area contributed by atoms with Crippen molar-refractivity contribution in [3.63, 3.8) is 0 Å². The van der Waals surface area contributed by atoms with Crippen LogP contribution in [0.2, 0.25) is 19.1 Å². The quantitative estimate of drug-likeness (QED) is 0.341. The molecule has 0 saturated carbocycles. The van der Waals surface area contributed by atoms with Gasteiger partial charge >= 0.3 is 6.09 Å². The zero-order valence-electron chi connectivity index (χ0n) is 20.1. The molecule has 186 valence electrons. The fourth-order valence-corrected chi connectivity index (χ4v) is 8.55. The maximum absolute atomic E-state index is 13.7. The SMILES string of the molecule is C[Si]1(C)C[C@@H](C(=O)N[C@@H]2CCCc3ccccc32)N(C(=O)[C@H](Cc2ccc(I)cc2)NC(=O)O)C1. The number of benzene rings is 2. The highest BCUT2D eigenvalue weighted by molar-refractivity contribution is 14.1. The predicted molar refractivity (Wildman–Crippen MR) is 146 cm³/mol. The van der Waals surface area contributed by atoms with Crippen LogP contribution in [0.4, 0.5) is 4.79 Å². The van der Waals surface area contributed by atoms with Crippen LogP contribution in [0.3, 0.4) is 0 Å². The van der Waals surface area contributed by atoms with Crippen molar-refractivity contribution in [1.29, 1.82) is 0 Å². The summed E-state index contributed by atoms with van der Waals surface area (Å²) in [5, 5.41) is 15.1. The van der Waals surface area contributed by atoms with Gasteiger partial charge in [-0.3, -0.25) is 9.59 Å². The Morgan fingerprint density at radius 1 is 1.14 bits per heavy atom. The first-order valence-electron chi connectivity index (χ1n) is 12.1. The fourth-order valence-electron chi connectivity index (χ4n) is 5.31. The number of carboxylic acid groups (broad SMARTS) is 1. The van der Waals surface area contributed by atoms with Crippen LogP contribution in [0.15, 0.2) is 48.5 Å². The molecule has 0 spiro atoms. The van der Waals surface area contributed by atoms with Crippen molar-refractivity contribution in [2.24, 2.45) is 0 Å². The number of aryl methyl sites for hydroxylation is 1. The Morgan fingerprint density at radius 2 is 1.86 bits per heavy atom. The standard InChI is InChI=1S/C26H32IN3O4Si/c1-35(2)15-23(24(31)28-21-9-5-7-18-6-3-4-8-20(18)21)30(16-35)25(32)22(29-26(33)34)14-17-10-12-19(27)13-11-17/h3-4,6,8,10-13,21-23,29H,5,7,9,14-16H2,1-2H3,(H,28,31)(H,33,34)/t21-,22+,23+/m1/s1. The van der Waals surface area contributed by atoms with Crippen molar-refractivity contribution in [3.05, 3.63) is 68.8 Å². The number of nitrogens with one attached hydrogen (secondary N) is 2. The number of nitrogens with zero attached hydrogens (tertiary/aromatic N) is 1. The average Bonchev–Trinajstić information content (AvgIpc) is 3.15. The predicted octanol–water partition coefficient (Wildman–Crippen LogP) is 4.12. The van der Waals surface area contributed by atoms with E-state index in [9.17, 15) is 19.5 Å². The Morgan fingerprint density at radius 3 is 2.57 bits per heavy atom. The zero-order valence-corrected chi connectivity index (χ0v) is 23.2. The van der Waals surface area contributed by atoms with E-state index < -0.39 is 26.3 Å². The molecule has 2 aromatic rings. The largest absolute Gasteiger partial charge is 0.465 e. The molecule has 1 fully saturated rings. The summed E-state index contributed by atoms with van der Waals surface area (Å²) in [7, 11) is -1.85. The van der Waals surface area contributed by atoms with E-state index >= 15 is 0 Å². The van der Waals surface area contributed by atoms with E-state index in [0.717, 1.165) is 34.0 Å². The molecule has 7 nitrogen and oxygen atoms in total. The molecule has 0 aromatic heterocycles. The highest BCUT2D eigenvalue weighted by Gasteiger charge is 2.46. The van der Waals surface area contributed by atoms with Crippen LogP contribution in [0.25, 0.3) is 0 Å². The van der Waals surface area contributed by atoms with Crippen LogP contribution < -0.4 is 10.6 Å². The van der Waals surface area contributed by atoms with Crippen LogP contribution in [0.5, 0.6) is 0 Å². The molecule has 0 bridgehead atoms. The van der Waals surface area contributed by atoms with Gasteiger partial charge in [0.2, 0.25) is 11.8 Å².